The van der Waals surface area contributed by atoms with Crippen molar-refractivity contribution >= 4 is 16.9 Å². The van der Waals surface area contributed by atoms with Gasteiger partial charge in [0.2, 0.25) is 5.91 Å². The van der Waals surface area contributed by atoms with Crippen LogP contribution in [0.3, 0.4) is 0 Å². The predicted molar refractivity (Wildman–Crippen MR) is 85.5 cm³/mol. The Labute approximate surface area is 133 Å². The Bertz CT molecular complexity index is 829. The molecule has 116 valence electrons. The van der Waals surface area contributed by atoms with Crippen molar-refractivity contribution in [2.45, 2.75) is 25.4 Å². The van der Waals surface area contributed by atoms with Crippen LogP contribution in [0, 0.1) is 0 Å². The maximum absolute atomic E-state index is 12.3. The highest BCUT2D eigenvalue weighted by Crippen LogP contribution is 2.29. The summed E-state index contributed by atoms with van der Waals surface area (Å²) < 4.78 is 1.87. The molecule has 0 spiro atoms. The van der Waals surface area contributed by atoms with Gasteiger partial charge in [0.25, 0.3) is 0 Å². The number of rotatable bonds is 4. The molecule has 4 rings (SSSR count). The van der Waals surface area contributed by atoms with Crippen molar-refractivity contribution in [3.8, 4) is 0 Å². The number of hydrogen-bond acceptors (Lipinski definition) is 4. The smallest absolute Gasteiger partial charge is 0.224 e. The number of nitrogens with zero attached hydrogens (tertiary/aromatic N) is 5. The van der Waals surface area contributed by atoms with Crippen molar-refractivity contribution in [1.82, 2.24) is 24.9 Å². The van der Waals surface area contributed by atoms with Gasteiger partial charge in [-0.05, 0) is 30.7 Å². The van der Waals surface area contributed by atoms with Crippen LogP contribution in [0.5, 0.6) is 0 Å². The van der Waals surface area contributed by atoms with Crippen molar-refractivity contribution < 1.29 is 4.79 Å². The number of amides is 1. The summed E-state index contributed by atoms with van der Waals surface area (Å²) in [5.74, 6) is 0.172. The molecular formula is C17H17N5O. The van der Waals surface area contributed by atoms with E-state index in [0.29, 0.717) is 13.0 Å². The Morgan fingerprint density at radius 3 is 2.87 bits per heavy atom. The van der Waals surface area contributed by atoms with Crippen LogP contribution < -0.4 is 0 Å². The van der Waals surface area contributed by atoms with E-state index in [9.17, 15) is 4.79 Å². The molecule has 1 aliphatic rings. The highest BCUT2D eigenvalue weighted by molar-refractivity contribution is 5.79. The van der Waals surface area contributed by atoms with Gasteiger partial charge < -0.3 is 4.90 Å². The molecule has 0 saturated carbocycles. The molecule has 1 fully saturated rings. The number of carbonyl (C=O) groups excluding carboxylic acids is 1. The molecule has 0 aliphatic carbocycles. The lowest BCUT2D eigenvalue weighted by Gasteiger charge is -2.25. The molecule has 1 atom stereocenters. The first-order chi connectivity index (χ1) is 11.3. The first-order valence-corrected chi connectivity index (χ1v) is 7.82. The number of carbonyl (C=O) groups is 1. The number of fused-ring (bicyclic) bond motifs is 1. The van der Waals surface area contributed by atoms with Crippen molar-refractivity contribution in [2.75, 3.05) is 6.54 Å². The van der Waals surface area contributed by atoms with Gasteiger partial charge in [0.1, 0.15) is 11.7 Å². The van der Waals surface area contributed by atoms with Gasteiger partial charge in [-0.1, -0.05) is 23.4 Å². The summed E-state index contributed by atoms with van der Waals surface area (Å²) in [5.41, 5.74) is 2.82. The van der Waals surface area contributed by atoms with Gasteiger partial charge in [-0.25, -0.2) is 4.68 Å². The van der Waals surface area contributed by atoms with E-state index in [-0.39, 0.29) is 12.1 Å². The van der Waals surface area contributed by atoms with Gasteiger partial charge in [0.15, 0.2) is 0 Å². The zero-order valence-corrected chi connectivity index (χ0v) is 12.7. The van der Waals surface area contributed by atoms with Gasteiger partial charge in [-0.15, -0.1) is 5.10 Å². The van der Waals surface area contributed by atoms with E-state index in [1.807, 2.05) is 52.0 Å². The number of pyridine rings is 1. The lowest BCUT2D eigenvalue weighted by molar-refractivity contribution is -0.130. The molecule has 1 amide bonds. The van der Waals surface area contributed by atoms with Crippen molar-refractivity contribution in [3.05, 3.63) is 54.4 Å². The summed E-state index contributed by atoms with van der Waals surface area (Å²) in [5, 5.41) is 8.48. The number of para-hydroxylation sites is 1. The summed E-state index contributed by atoms with van der Waals surface area (Å²) in [4.78, 5) is 18.5. The molecule has 1 unspecified atom stereocenters. The van der Waals surface area contributed by atoms with Gasteiger partial charge in [0.05, 0.1) is 5.52 Å². The van der Waals surface area contributed by atoms with E-state index in [1.54, 1.807) is 6.20 Å². The third-order valence-corrected chi connectivity index (χ3v) is 4.29. The summed E-state index contributed by atoms with van der Waals surface area (Å²) >= 11 is 0. The monoisotopic (exact) mass is 307 g/mol. The Hall–Kier alpha value is -2.76. The zero-order valence-electron chi connectivity index (χ0n) is 12.7. The summed E-state index contributed by atoms with van der Waals surface area (Å²) in [6.45, 7) is 0.648. The van der Waals surface area contributed by atoms with Crippen LogP contribution in [-0.4, -0.2) is 37.3 Å². The maximum Gasteiger partial charge on any atom is 0.224 e. The average molecular weight is 307 g/mol. The van der Waals surface area contributed by atoms with E-state index >= 15 is 0 Å². The molecule has 1 saturated heterocycles. The van der Waals surface area contributed by atoms with E-state index in [0.717, 1.165) is 29.6 Å². The molecule has 1 aromatic carbocycles. The van der Waals surface area contributed by atoms with Crippen molar-refractivity contribution in [1.29, 1.82) is 0 Å². The molecule has 1 aliphatic heterocycles. The topological polar surface area (TPSA) is 63.9 Å². The van der Waals surface area contributed by atoms with Gasteiger partial charge >= 0.3 is 0 Å². The molecular weight excluding hydrogens is 290 g/mol. The standard InChI is InChI=1S/C17H17N5O/c23-17-9-8-16(21(17)12-10-13-5-3-4-11-18-13)22-15-7-2-1-6-14(15)19-20-22/h1-7,11,16H,8-10,12H2. The fraction of sp³-hybridized carbons (Fsp3) is 0.294. The minimum absolute atomic E-state index is 0.0568. The first kappa shape index (κ1) is 13.9. The van der Waals surface area contributed by atoms with E-state index < -0.39 is 0 Å². The van der Waals surface area contributed by atoms with Gasteiger partial charge in [-0.2, -0.15) is 0 Å². The Morgan fingerprint density at radius 1 is 1.13 bits per heavy atom. The summed E-state index contributed by atoms with van der Waals surface area (Å²) in [7, 11) is 0. The van der Waals surface area contributed by atoms with Gasteiger partial charge in [-0.3, -0.25) is 9.78 Å². The quantitative estimate of drug-likeness (QED) is 0.741. The largest absolute Gasteiger partial charge is 0.320 e. The Morgan fingerprint density at radius 2 is 2.00 bits per heavy atom. The lowest BCUT2D eigenvalue weighted by atomic mass is 10.2. The molecule has 0 N–H and O–H groups in total. The minimum Gasteiger partial charge on any atom is -0.320 e. The molecule has 3 aromatic rings. The number of likely N-dealkylation sites (tertiary alicyclic amines) is 1. The number of benzene rings is 1. The molecule has 0 radical (unpaired) electrons. The molecule has 3 heterocycles. The second kappa shape index (κ2) is 5.79. The average Bonchev–Trinajstić information content (AvgIpc) is 3.17. The van der Waals surface area contributed by atoms with Crippen molar-refractivity contribution in [2.24, 2.45) is 0 Å². The molecule has 6 nitrogen and oxygen atoms in total. The third-order valence-electron chi connectivity index (χ3n) is 4.29. The Kier molecular flexibility index (Phi) is 3.49. The minimum atomic E-state index is -0.0568. The van der Waals surface area contributed by atoms with Crippen LogP contribution in [0.1, 0.15) is 24.7 Å². The van der Waals surface area contributed by atoms with Crippen LogP contribution in [0.15, 0.2) is 48.7 Å². The van der Waals surface area contributed by atoms with E-state index in [2.05, 4.69) is 15.3 Å². The molecule has 0 bridgehead atoms. The molecule has 6 heteroatoms. The van der Waals surface area contributed by atoms with E-state index in [1.165, 1.54) is 0 Å². The second-order valence-electron chi connectivity index (χ2n) is 5.70. The lowest BCUT2D eigenvalue weighted by Crippen LogP contribution is -2.33. The second-order valence-corrected chi connectivity index (χ2v) is 5.70. The fourth-order valence-electron chi connectivity index (χ4n) is 3.13. The highest BCUT2D eigenvalue weighted by atomic mass is 16.2. The van der Waals surface area contributed by atoms with Crippen LogP contribution in [0.25, 0.3) is 11.0 Å². The van der Waals surface area contributed by atoms with Crippen LogP contribution in [0.2, 0.25) is 0 Å². The predicted octanol–water partition coefficient (Wildman–Crippen LogP) is 2.19. The van der Waals surface area contributed by atoms with Crippen LogP contribution >= 0.6 is 0 Å². The number of hydrogen-bond donors (Lipinski definition) is 0. The normalized spacial score (nSPS) is 18.0. The van der Waals surface area contributed by atoms with E-state index in [4.69, 9.17) is 0 Å². The molecule has 23 heavy (non-hydrogen) atoms. The highest BCUT2D eigenvalue weighted by Gasteiger charge is 2.33. The summed E-state index contributed by atoms with van der Waals surface area (Å²) in [6.07, 6.45) is 3.80. The maximum atomic E-state index is 12.3. The van der Waals surface area contributed by atoms with Crippen molar-refractivity contribution in [3.63, 3.8) is 0 Å². The van der Waals surface area contributed by atoms with Gasteiger partial charge in [0, 0.05) is 31.3 Å². The summed E-state index contributed by atoms with van der Waals surface area (Å²) in [6, 6.07) is 13.7. The fourth-order valence-corrected chi connectivity index (χ4v) is 3.13. The Balaban J connectivity index is 1.59. The first-order valence-electron chi connectivity index (χ1n) is 7.82. The molecule has 2 aromatic heterocycles. The number of aromatic nitrogens is 4. The van der Waals surface area contributed by atoms with Crippen LogP contribution in [-0.2, 0) is 11.2 Å². The third kappa shape index (κ3) is 2.56. The van der Waals surface area contributed by atoms with Crippen LogP contribution in [0.4, 0.5) is 0 Å². The zero-order chi connectivity index (χ0) is 15.6. The SMILES string of the molecule is O=C1CCC(n2nnc3ccccc32)N1CCc1ccccn1.